The third kappa shape index (κ3) is 2.70. The topological polar surface area (TPSA) is 40.5 Å². The first-order valence-electron chi connectivity index (χ1n) is 3.29. The van der Waals surface area contributed by atoms with Crippen LogP contribution in [-0.4, -0.2) is 17.2 Å². The maximum absolute atomic E-state index is 12.3. The van der Waals surface area contributed by atoms with Crippen molar-refractivity contribution in [3.05, 3.63) is 35.6 Å². The average Bonchev–Trinajstić information content (AvgIpc) is 1.93. The first kappa shape index (κ1) is 8.23. The monoisotopic (exact) mass is 154 g/mol. The van der Waals surface area contributed by atoms with Crippen LogP contribution in [0.1, 0.15) is 5.56 Å². The smallest absolute Gasteiger partial charge is 0.427 e. The van der Waals surface area contributed by atoms with Crippen LogP contribution < -0.4 is 0 Å². The van der Waals surface area contributed by atoms with Crippen molar-refractivity contribution in [2.75, 3.05) is 0 Å². The molecule has 1 aromatic rings. The van der Waals surface area contributed by atoms with Crippen molar-refractivity contribution in [3.8, 4) is 0 Å². The van der Waals surface area contributed by atoms with Gasteiger partial charge in [-0.1, -0.05) is 12.1 Å². The quantitative estimate of drug-likeness (QED) is 0.604. The van der Waals surface area contributed by atoms with Gasteiger partial charge in [-0.15, -0.1) is 0 Å². The molecule has 0 unspecified atom stereocenters. The van der Waals surface area contributed by atoms with E-state index in [1.54, 1.807) is 0 Å². The SMILES string of the molecule is OB(O)Cc1ccc(F)cc1. The highest BCUT2D eigenvalue weighted by Crippen LogP contribution is 2.03. The van der Waals surface area contributed by atoms with E-state index in [9.17, 15) is 4.39 Å². The predicted molar refractivity (Wildman–Crippen MR) is 40.3 cm³/mol. The van der Waals surface area contributed by atoms with E-state index in [1.807, 2.05) is 0 Å². The molecule has 0 atom stereocenters. The normalized spacial score (nSPS) is 9.73. The van der Waals surface area contributed by atoms with Gasteiger partial charge in [-0.05, 0) is 17.7 Å². The molecule has 4 heteroatoms. The molecule has 0 aliphatic rings. The number of benzene rings is 1. The van der Waals surface area contributed by atoms with Gasteiger partial charge in [-0.2, -0.15) is 0 Å². The molecule has 0 fully saturated rings. The van der Waals surface area contributed by atoms with Crippen LogP contribution in [0.5, 0.6) is 0 Å². The zero-order valence-electron chi connectivity index (χ0n) is 5.87. The van der Waals surface area contributed by atoms with Gasteiger partial charge in [0.15, 0.2) is 0 Å². The molecule has 0 aliphatic carbocycles. The second-order valence-corrected chi connectivity index (χ2v) is 2.31. The van der Waals surface area contributed by atoms with E-state index in [2.05, 4.69) is 0 Å². The Morgan fingerprint density at radius 1 is 1.18 bits per heavy atom. The second-order valence-electron chi connectivity index (χ2n) is 2.31. The van der Waals surface area contributed by atoms with E-state index >= 15 is 0 Å². The summed E-state index contributed by atoms with van der Waals surface area (Å²) in [5.74, 6) is -0.318. The maximum Gasteiger partial charge on any atom is 0.456 e. The summed E-state index contributed by atoms with van der Waals surface area (Å²) in [6.45, 7) is 0. The van der Waals surface area contributed by atoms with E-state index in [4.69, 9.17) is 10.0 Å². The minimum Gasteiger partial charge on any atom is -0.427 e. The molecule has 1 aromatic carbocycles. The van der Waals surface area contributed by atoms with Crippen LogP contribution in [-0.2, 0) is 6.32 Å². The second kappa shape index (κ2) is 3.50. The minimum absolute atomic E-state index is 0.139. The third-order valence-corrected chi connectivity index (χ3v) is 1.33. The molecule has 0 heterocycles. The van der Waals surface area contributed by atoms with Crippen LogP contribution >= 0.6 is 0 Å². The van der Waals surface area contributed by atoms with Crippen molar-refractivity contribution < 1.29 is 14.4 Å². The van der Waals surface area contributed by atoms with Crippen molar-refractivity contribution in [2.24, 2.45) is 0 Å². The van der Waals surface area contributed by atoms with Crippen LogP contribution in [0, 0.1) is 5.82 Å². The molecular formula is C7H8BFO2. The molecule has 0 bridgehead atoms. The standard InChI is InChI=1S/C7H8BFO2/c9-7-3-1-6(2-4-7)5-8(10)11/h1-4,10-11H,5H2. The Labute approximate surface area is 64.4 Å². The molecule has 0 radical (unpaired) electrons. The van der Waals surface area contributed by atoms with Crippen molar-refractivity contribution in [1.29, 1.82) is 0 Å². The highest BCUT2D eigenvalue weighted by atomic mass is 19.1. The summed E-state index contributed by atoms with van der Waals surface area (Å²) in [7, 11) is -1.36. The molecule has 0 spiro atoms. The zero-order valence-corrected chi connectivity index (χ0v) is 5.87. The lowest BCUT2D eigenvalue weighted by atomic mass is 9.82. The number of halogens is 1. The molecule has 0 saturated heterocycles. The van der Waals surface area contributed by atoms with Crippen LogP contribution in [0.3, 0.4) is 0 Å². The lowest BCUT2D eigenvalue weighted by Crippen LogP contribution is -2.14. The predicted octanol–water partition coefficient (Wildman–Crippen LogP) is 0.380. The van der Waals surface area contributed by atoms with Crippen molar-refractivity contribution in [2.45, 2.75) is 6.32 Å². The summed E-state index contributed by atoms with van der Waals surface area (Å²) in [6, 6.07) is 5.62. The van der Waals surface area contributed by atoms with E-state index in [0.29, 0.717) is 5.56 Å². The number of hydrogen-bond donors (Lipinski definition) is 2. The average molecular weight is 154 g/mol. The lowest BCUT2D eigenvalue weighted by Gasteiger charge is -1.98. The summed E-state index contributed by atoms with van der Waals surface area (Å²) in [5.41, 5.74) is 0.710. The molecule has 0 amide bonds. The molecule has 0 saturated carbocycles. The largest absolute Gasteiger partial charge is 0.456 e. The van der Waals surface area contributed by atoms with Crippen molar-refractivity contribution >= 4 is 7.12 Å². The van der Waals surface area contributed by atoms with E-state index in [-0.39, 0.29) is 12.1 Å². The Morgan fingerprint density at radius 2 is 1.73 bits per heavy atom. The Balaban J connectivity index is 2.66. The van der Waals surface area contributed by atoms with Gasteiger partial charge >= 0.3 is 7.12 Å². The summed E-state index contributed by atoms with van der Waals surface area (Å²) >= 11 is 0. The summed E-state index contributed by atoms with van der Waals surface area (Å²) in [5, 5.41) is 17.1. The zero-order chi connectivity index (χ0) is 8.27. The van der Waals surface area contributed by atoms with Crippen LogP contribution in [0.25, 0.3) is 0 Å². The van der Waals surface area contributed by atoms with E-state index < -0.39 is 7.12 Å². The summed E-state index contributed by atoms with van der Waals surface area (Å²) < 4.78 is 12.3. The molecule has 0 aromatic heterocycles. The van der Waals surface area contributed by atoms with Crippen molar-refractivity contribution in [1.82, 2.24) is 0 Å². The molecular weight excluding hydrogens is 146 g/mol. The van der Waals surface area contributed by atoms with Gasteiger partial charge in [0.1, 0.15) is 5.82 Å². The first-order chi connectivity index (χ1) is 5.18. The van der Waals surface area contributed by atoms with Gasteiger partial charge in [0.05, 0.1) is 0 Å². The van der Waals surface area contributed by atoms with E-state index in [1.165, 1.54) is 24.3 Å². The van der Waals surface area contributed by atoms with E-state index in [0.717, 1.165) is 0 Å². The minimum atomic E-state index is -1.36. The molecule has 11 heavy (non-hydrogen) atoms. The fourth-order valence-corrected chi connectivity index (χ4v) is 0.831. The first-order valence-corrected chi connectivity index (χ1v) is 3.29. The fourth-order valence-electron chi connectivity index (χ4n) is 0.831. The molecule has 1 rings (SSSR count). The Bertz CT molecular complexity index is 222. The highest BCUT2D eigenvalue weighted by molar-refractivity contribution is 6.40. The third-order valence-electron chi connectivity index (χ3n) is 1.33. The van der Waals surface area contributed by atoms with Crippen molar-refractivity contribution in [3.63, 3.8) is 0 Å². The number of rotatable bonds is 2. The van der Waals surface area contributed by atoms with Gasteiger partial charge in [0.25, 0.3) is 0 Å². The summed E-state index contributed by atoms with van der Waals surface area (Å²) in [6.07, 6.45) is 0.139. The van der Waals surface area contributed by atoms with Crippen LogP contribution in [0.15, 0.2) is 24.3 Å². The van der Waals surface area contributed by atoms with Gasteiger partial charge in [0.2, 0.25) is 0 Å². The maximum atomic E-state index is 12.3. The number of hydrogen-bond acceptors (Lipinski definition) is 2. The Kier molecular flexibility index (Phi) is 2.62. The van der Waals surface area contributed by atoms with Gasteiger partial charge < -0.3 is 10.0 Å². The Morgan fingerprint density at radius 3 is 2.18 bits per heavy atom. The van der Waals surface area contributed by atoms with Gasteiger partial charge in [0, 0.05) is 6.32 Å². The van der Waals surface area contributed by atoms with Crippen LogP contribution in [0.4, 0.5) is 4.39 Å². The Hall–Kier alpha value is -0.865. The van der Waals surface area contributed by atoms with Crippen LogP contribution in [0.2, 0.25) is 0 Å². The van der Waals surface area contributed by atoms with Gasteiger partial charge in [-0.25, -0.2) is 4.39 Å². The lowest BCUT2D eigenvalue weighted by molar-refractivity contribution is 0.405. The van der Waals surface area contributed by atoms with Gasteiger partial charge in [-0.3, -0.25) is 0 Å². The molecule has 58 valence electrons. The molecule has 2 nitrogen and oxygen atoms in total. The summed E-state index contributed by atoms with van der Waals surface area (Å²) in [4.78, 5) is 0. The molecule has 2 N–H and O–H groups in total. The molecule has 0 aliphatic heterocycles. The highest BCUT2D eigenvalue weighted by Gasteiger charge is 2.06. The fraction of sp³-hybridized carbons (Fsp3) is 0.143.